The first-order chi connectivity index (χ1) is 14.2. The predicted octanol–water partition coefficient (Wildman–Crippen LogP) is 2.08. The molecule has 3 aliphatic heterocycles. The number of dihydropyridines is 1. The average molecular weight is 404 g/mol. The third-order valence-electron chi connectivity index (χ3n) is 6.49. The van der Waals surface area contributed by atoms with Crippen LogP contribution >= 0.6 is 0 Å². The van der Waals surface area contributed by atoms with E-state index in [-0.39, 0.29) is 40.7 Å². The average Bonchev–Trinajstić information content (AvgIpc) is 2.88. The number of hydrogen-bond acceptors (Lipinski definition) is 6. The Morgan fingerprint density at radius 2 is 1.83 bits per heavy atom. The number of allylic oxidation sites excluding steroid dienone is 1. The summed E-state index contributed by atoms with van der Waals surface area (Å²) in [5, 5.41) is 3.22. The minimum absolute atomic E-state index is 0.0634. The quantitative estimate of drug-likeness (QED) is 0.746. The summed E-state index contributed by atoms with van der Waals surface area (Å²) in [7, 11) is 0. The number of nitrogens with two attached hydrogens (primary N) is 1. The molecule has 1 aromatic carbocycles. The molecular weight excluding hydrogens is 380 g/mol. The Balaban J connectivity index is 1.91. The number of anilines is 1. The Bertz CT molecular complexity index is 1140. The van der Waals surface area contributed by atoms with Gasteiger partial charge in [-0.05, 0) is 24.8 Å². The lowest BCUT2D eigenvalue weighted by molar-refractivity contribution is -0.126. The van der Waals surface area contributed by atoms with Crippen LogP contribution in [0.2, 0.25) is 0 Å². The normalized spacial score (nSPS) is 27.1. The Morgan fingerprint density at radius 1 is 1.10 bits per heavy atom. The molecule has 0 aromatic heterocycles. The second-order valence-electron chi connectivity index (χ2n) is 9.16. The Hall–Kier alpha value is -3.22. The monoisotopic (exact) mass is 404 g/mol. The van der Waals surface area contributed by atoms with Crippen LogP contribution in [0, 0.1) is 5.41 Å². The van der Waals surface area contributed by atoms with Gasteiger partial charge < -0.3 is 16.0 Å². The zero-order valence-electron chi connectivity index (χ0n) is 17.3. The summed E-state index contributed by atoms with van der Waals surface area (Å²) in [6, 6.07) is 7.43. The molecule has 1 unspecified atom stereocenters. The third kappa shape index (κ3) is 2.20. The molecular formula is C23H24N4O3. The summed E-state index contributed by atoms with van der Waals surface area (Å²) < 4.78 is 0. The number of hydrogen-bond donors (Lipinski definition) is 2. The number of benzene rings is 1. The Labute approximate surface area is 174 Å². The molecule has 30 heavy (non-hydrogen) atoms. The fourth-order valence-corrected chi connectivity index (χ4v) is 5.48. The maximum Gasteiger partial charge on any atom is 0.247 e. The predicted molar refractivity (Wildman–Crippen MR) is 113 cm³/mol. The number of carbonyl (C=O) groups excluding carboxylic acids is 3. The number of rotatable bonds is 1. The van der Waals surface area contributed by atoms with E-state index in [1.54, 1.807) is 4.90 Å². The van der Waals surface area contributed by atoms with Crippen molar-refractivity contribution in [1.82, 2.24) is 5.32 Å². The van der Waals surface area contributed by atoms with Crippen molar-refractivity contribution in [3.63, 3.8) is 0 Å². The largest absolute Gasteiger partial charge is 0.387 e. The van der Waals surface area contributed by atoms with E-state index >= 15 is 0 Å². The number of likely N-dealkylation sites (N-methyl/N-ethyl adjacent to an activating group) is 1. The summed E-state index contributed by atoms with van der Waals surface area (Å²) in [5.74, 6) is -0.121. The van der Waals surface area contributed by atoms with Gasteiger partial charge >= 0.3 is 0 Å². The van der Waals surface area contributed by atoms with E-state index in [0.29, 0.717) is 42.0 Å². The second kappa shape index (κ2) is 5.90. The molecule has 7 nitrogen and oxygen atoms in total. The van der Waals surface area contributed by atoms with Gasteiger partial charge in [0.1, 0.15) is 17.1 Å². The van der Waals surface area contributed by atoms with Crippen LogP contribution in [0.4, 0.5) is 5.69 Å². The number of carbonyl (C=O) groups is 3. The van der Waals surface area contributed by atoms with Gasteiger partial charge in [-0.1, -0.05) is 32.0 Å². The topological polar surface area (TPSA) is 105 Å². The van der Waals surface area contributed by atoms with Crippen LogP contribution in [0.25, 0.3) is 0 Å². The van der Waals surface area contributed by atoms with Crippen molar-refractivity contribution in [1.29, 1.82) is 0 Å². The standard InChI is InChI=1S/C23H24N4O3/c1-4-27-14-8-6-5-7-12(14)23(21(27)30)18-13(10-22(2,3)11-16(18)29)25-20-19(23)15(28)9-17(24)26-20/h5-8,25H,4,9-11H2,1-3H3,(H2,24,26). The van der Waals surface area contributed by atoms with Crippen LogP contribution in [0.5, 0.6) is 0 Å². The van der Waals surface area contributed by atoms with Crippen molar-refractivity contribution in [2.24, 2.45) is 16.1 Å². The molecule has 1 aromatic rings. The summed E-state index contributed by atoms with van der Waals surface area (Å²) in [6.07, 6.45) is 0.836. The van der Waals surface area contributed by atoms with Gasteiger partial charge in [0.05, 0.1) is 12.0 Å². The number of nitrogens with zero attached hydrogens (tertiary/aromatic N) is 2. The first kappa shape index (κ1) is 18.8. The van der Waals surface area contributed by atoms with E-state index in [4.69, 9.17) is 5.73 Å². The molecule has 1 spiro atoms. The lowest BCUT2D eigenvalue weighted by Gasteiger charge is -2.44. The van der Waals surface area contributed by atoms with Gasteiger partial charge in [0.15, 0.2) is 11.6 Å². The molecule has 0 radical (unpaired) electrons. The summed E-state index contributed by atoms with van der Waals surface area (Å²) in [6.45, 7) is 6.39. The number of aliphatic imine (C=N–C) groups is 1. The van der Waals surface area contributed by atoms with Crippen molar-refractivity contribution in [2.45, 2.75) is 45.4 Å². The van der Waals surface area contributed by atoms with Crippen molar-refractivity contribution in [3.05, 3.63) is 52.5 Å². The van der Waals surface area contributed by atoms with Gasteiger partial charge in [0.2, 0.25) is 5.91 Å². The number of amides is 1. The molecule has 4 aliphatic rings. The molecule has 3 N–H and O–H groups in total. The van der Waals surface area contributed by atoms with Crippen molar-refractivity contribution >= 4 is 29.0 Å². The van der Waals surface area contributed by atoms with Gasteiger partial charge in [-0.3, -0.25) is 14.4 Å². The highest BCUT2D eigenvalue weighted by molar-refractivity contribution is 6.26. The summed E-state index contributed by atoms with van der Waals surface area (Å²) in [5.41, 5.74) is 6.93. The van der Waals surface area contributed by atoms with E-state index < -0.39 is 5.41 Å². The lowest BCUT2D eigenvalue weighted by Crippen LogP contribution is -2.54. The van der Waals surface area contributed by atoms with E-state index in [9.17, 15) is 14.4 Å². The first-order valence-corrected chi connectivity index (χ1v) is 10.3. The fourth-order valence-electron chi connectivity index (χ4n) is 5.48. The van der Waals surface area contributed by atoms with E-state index in [2.05, 4.69) is 10.3 Å². The minimum atomic E-state index is -1.46. The van der Waals surface area contributed by atoms with Crippen molar-refractivity contribution in [2.75, 3.05) is 11.4 Å². The first-order valence-electron chi connectivity index (χ1n) is 10.3. The van der Waals surface area contributed by atoms with Gasteiger partial charge in [0, 0.05) is 35.5 Å². The SMILES string of the molecule is CCN1C(=O)C2(C3=C(CC(C)(C)CC3=O)NC3=C2C(=O)CC(N)=N3)c2ccccc21. The van der Waals surface area contributed by atoms with Crippen molar-refractivity contribution in [3.8, 4) is 0 Å². The molecule has 1 atom stereocenters. The molecule has 1 amide bonds. The molecule has 0 bridgehead atoms. The highest BCUT2D eigenvalue weighted by Gasteiger charge is 2.63. The molecule has 154 valence electrons. The number of amidine groups is 1. The van der Waals surface area contributed by atoms with Crippen LogP contribution in [-0.4, -0.2) is 29.9 Å². The Morgan fingerprint density at radius 3 is 2.57 bits per heavy atom. The van der Waals surface area contributed by atoms with Gasteiger partial charge in [-0.15, -0.1) is 0 Å². The van der Waals surface area contributed by atoms with Gasteiger partial charge in [-0.25, -0.2) is 4.99 Å². The summed E-state index contributed by atoms with van der Waals surface area (Å²) in [4.78, 5) is 47.0. The maximum absolute atomic E-state index is 14.1. The molecule has 7 heteroatoms. The highest BCUT2D eigenvalue weighted by atomic mass is 16.2. The van der Waals surface area contributed by atoms with E-state index in [0.717, 1.165) is 5.69 Å². The smallest absolute Gasteiger partial charge is 0.247 e. The van der Waals surface area contributed by atoms with Crippen LogP contribution in [0.1, 0.15) is 45.6 Å². The molecule has 0 fully saturated rings. The number of para-hydroxylation sites is 1. The number of nitrogens with one attached hydrogen (secondary N) is 1. The van der Waals surface area contributed by atoms with Crippen LogP contribution < -0.4 is 16.0 Å². The molecule has 1 aliphatic carbocycles. The zero-order chi connectivity index (χ0) is 21.4. The van der Waals surface area contributed by atoms with Gasteiger partial charge in [-0.2, -0.15) is 0 Å². The van der Waals surface area contributed by atoms with E-state index in [1.165, 1.54) is 0 Å². The third-order valence-corrected chi connectivity index (χ3v) is 6.49. The molecule has 0 saturated heterocycles. The number of Topliss-reactive ketones (excluding diaryl/α,β-unsaturated/α-hetero) is 2. The second-order valence-corrected chi connectivity index (χ2v) is 9.16. The minimum Gasteiger partial charge on any atom is -0.387 e. The molecule has 0 saturated carbocycles. The number of fused-ring (bicyclic) bond motifs is 4. The highest BCUT2D eigenvalue weighted by Crippen LogP contribution is 2.57. The fraction of sp³-hybridized carbons (Fsp3) is 0.391. The Kier molecular flexibility index (Phi) is 3.70. The lowest BCUT2D eigenvalue weighted by atomic mass is 9.60. The van der Waals surface area contributed by atoms with Crippen molar-refractivity contribution < 1.29 is 14.4 Å². The zero-order valence-corrected chi connectivity index (χ0v) is 17.3. The number of ketones is 2. The van der Waals surface area contributed by atoms with Crippen LogP contribution in [0.3, 0.4) is 0 Å². The molecule has 5 rings (SSSR count). The summed E-state index contributed by atoms with van der Waals surface area (Å²) >= 11 is 0. The van der Waals surface area contributed by atoms with Crippen LogP contribution in [0.15, 0.2) is 51.9 Å². The maximum atomic E-state index is 14.1. The molecule has 3 heterocycles. The van der Waals surface area contributed by atoms with E-state index in [1.807, 2.05) is 45.0 Å². The van der Waals surface area contributed by atoms with Crippen LogP contribution in [-0.2, 0) is 19.8 Å². The van der Waals surface area contributed by atoms with Gasteiger partial charge in [0.25, 0.3) is 0 Å².